The summed E-state index contributed by atoms with van der Waals surface area (Å²) in [6, 6.07) is 0. The van der Waals surface area contributed by atoms with E-state index in [1.165, 1.54) is 0 Å². The first-order valence-electron chi connectivity index (χ1n) is 4.12. The fraction of sp³-hybridized carbons (Fsp3) is 0.556. The number of hydrogen-bond acceptors (Lipinski definition) is 0. The predicted molar refractivity (Wildman–Crippen MR) is 57.2 cm³/mol. The molecule has 0 heterocycles. The minimum Gasteiger partial charge on any atom is -0.207 e. The largest absolute Gasteiger partial charge is 0.252 e. The molecule has 0 aromatic carbocycles. The lowest BCUT2D eigenvalue weighted by molar-refractivity contribution is 0.0895. The zero-order valence-corrected chi connectivity index (χ0v) is 9.65. The van der Waals surface area contributed by atoms with Gasteiger partial charge in [0.2, 0.25) is 0 Å². The molecule has 2 atom stereocenters. The van der Waals surface area contributed by atoms with E-state index in [1.807, 2.05) is 12.2 Å². The van der Waals surface area contributed by atoms with Crippen LogP contribution in [-0.4, -0.2) is 5.92 Å². The van der Waals surface area contributed by atoms with E-state index in [0.29, 0.717) is 11.5 Å². The van der Waals surface area contributed by atoms with Crippen molar-refractivity contribution in [2.45, 2.75) is 18.8 Å². The zero-order valence-electron chi connectivity index (χ0n) is 6.74. The quantitative estimate of drug-likeness (QED) is 0.639. The Bertz CT molecular complexity index is 296. The van der Waals surface area contributed by atoms with Crippen molar-refractivity contribution in [2.24, 2.45) is 11.8 Å². The summed E-state index contributed by atoms with van der Waals surface area (Å²) in [6.45, 7) is 0. The van der Waals surface area contributed by atoms with E-state index in [9.17, 15) is 8.78 Å². The second-order valence-electron chi connectivity index (χ2n) is 3.51. The predicted octanol–water partition coefficient (Wildman–Crippen LogP) is 4.10. The lowest BCUT2D eigenvalue weighted by Gasteiger charge is -2.18. The van der Waals surface area contributed by atoms with E-state index in [1.54, 1.807) is 0 Å². The summed E-state index contributed by atoms with van der Waals surface area (Å²) >= 11 is 8.07. The number of allylic oxidation sites excluding steroid dienone is 4. The standard InChI is InChI=1S/C9H8ClF2I/c10-8-5(2-1-3-7(8)13)6-4-9(6,11)12/h1,3,5-6H,2,4H2/t5-,6?/m1/s1. The number of halogens is 4. The number of rotatable bonds is 1. The summed E-state index contributed by atoms with van der Waals surface area (Å²) in [5, 5.41) is 0.616. The van der Waals surface area contributed by atoms with Crippen LogP contribution in [0.5, 0.6) is 0 Å². The first kappa shape index (κ1) is 9.90. The zero-order chi connectivity index (χ0) is 9.64. The van der Waals surface area contributed by atoms with Crippen LogP contribution in [0.1, 0.15) is 12.8 Å². The van der Waals surface area contributed by atoms with Crippen LogP contribution in [0.2, 0.25) is 0 Å². The van der Waals surface area contributed by atoms with Crippen LogP contribution in [0.25, 0.3) is 0 Å². The van der Waals surface area contributed by atoms with Gasteiger partial charge in [-0.3, -0.25) is 0 Å². The molecule has 0 spiro atoms. The van der Waals surface area contributed by atoms with Gasteiger partial charge >= 0.3 is 0 Å². The van der Waals surface area contributed by atoms with E-state index in [4.69, 9.17) is 11.6 Å². The fourth-order valence-electron chi connectivity index (χ4n) is 1.69. The highest BCUT2D eigenvalue weighted by molar-refractivity contribution is 14.1. The Balaban J connectivity index is 2.15. The first-order valence-corrected chi connectivity index (χ1v) is 5.57. The van der Waals surface area contributed by atoms with Crippen LogP contribution in [0.4, 0.5) is 8.78 Å². The average Bonchev–Trinajstić information content (AvgIpc) is 2.66. The summed E-state index contributed by atoms with van der Waals surface area (Å²) in [6.07, 6.45) is 4.48. The summed E-state index contributed by atoms with van der Waals surface area (Å²) < 4.78 is 26.4. The molecule has 0 radical (unpaired) electrons. The lowest BCUT2D eigenvalue weighted by atomic mass is 9.95. The Kier molecular flexibility index (Phi) is 2.43. The van der Waals surface area contributed by atoms with Crippen LogP contribution < -0.4 is 0 Å². The minimum absolute atomic E-state index is 0.00560. The molecule has 72 valence electrons. The second-order valence-corrected chi connectivity index (χ2v) is 5.08. The Morgan fingerprint density at radius 3 is 2.69 bits per heavy atom. The van der Waals surface area contributed by atoms with Gasteiger partial charge in [0.25, 0.3) is 5.92 Å². The molecule has 13 heavy (non-hydrogen) atoms. The maximum atomic E-state index is 12.8. The molecule has 4 heteroatoms. The highest BCUT2D eigenvalue weighted by atomic mass is 127. The van der Waals surface area contributed by atoms with Gasteiger partial charge in [0.05, 0.1) is 0 Å². The molecule has 0 aromatic heterocycles. The SMILES string of the molecule is FC1(F)CC1[C@H]1CC=CC(I)=C1Cl. The topological polar surface area (TPSA) is 0 Å². The minimum atomic E-state index is -2.47. The third-order valence-corrected chi connectivity index (χ3v) is 4.31. The maximum absolute atomic E-state index is 12.8. The molecule has 1 saturated carbocycles. The molecule has 1 unspecified atom stereocenters. The molecule has 0 saturated heterocycles. The Labute approximate surface area is 94.2 Å². The van der Waals surface area contributed by atoms with Gasteiger partial charge in [0, 0.05) is 26.9 Å². The lowest BCUT2D eigenvalue weighted by Crippen LogP contribution is -2.11. The summed E-state index contributed by atoms with van der Waals surface area (Å²) in [7, 11) is 0. The monoisotopic (exact) mass is 316 g/mol. The van der Waals surface area contributed by atoms with Crippen LogP contribution in [0, 0.1) is 11.8 Å². The van der Waals surface area contributed by atoms with Crippen molar-refractivity contribution in [3.05, 3.63) is 20.8 Å². The van der Waals surface area contributed by atoms with E-state index in [2.05, 4.69) is 22.6 Å². The van der Waals surface area contributed by atoms with Crippen LogP contribution >= 0.6 is 34.2 Å². The van der Waals surface area contributed by atoms with Crippen molar-refractivity contribution < 1.29 is 8.78 Å². The molecule has 2 rings (SSSR count). The van der Waals surface area contributed by atoms with E-state index in [-0.39, 0.29) is 12.3 Å². The molecule has 2 aliphatic rings. The first-order chi connectivity index (χ1) is 6.02. The maximum Gasteiger partial charge on any atom is 0.252 e. The van der Waals surface area contributed by atoms with Gasteiger partial charge in [-0.25, -0.2) is 8.78 Å². The van der Waals surface area contributed by atoms with Crippen molar-refractivity contribution >= 4 is 34.2 Å². The highest BCUT2D eigenvalue weighted by Gasteiger charge is 2.60. The van der Waals surface area contributed by atoms with Gasteiger partial charge in [-0.2, -0.15) is 0 Å². The summed E-state index contributed by atoms with van der Waals surface area (Å²) in [5.74, 6) is -3.13. The van der Waals surface area contributed by atoms with Crippen molar-refractivity contribution in [3.63, 3.8) is 0 Å². The van der Waals surface area contributed by atoms with Crippen molar-refractivity contribution in [3.8, 4) is 0 Å². The van der Waals surface area contributed by atoms with E-state index >= 15 is 0 Å². The third-order valence-electron chi connectivity index (χ3n) is 2.57. The molecule has 1 fully saturated rings. The Morgan fingerprint density at radius 2 is 2.15 bits per heavy atom. The van der Waals surface area contributed by atoms with Crippen LogP contribution in [-0.2, 0) is 0 Å². The van der Waals surface area contributed by atoms with Gasteiger partial charge in [-0.1, -0.05) is 23.8 Å². The average molecular weight is 317 g/mol. The molecule has 0 N–H and O–H groups in total. The fourth-order valence-corrected chi connectivity index (χ4v) is 2.65. The Hall–Kier alpha value is 0.360. The molecular weight excluding hydrogens is 308 g/mol. The van der Waals surface area contributed by atoms with Crippen molar-refractivity contribution in [2.75, 3.05) is 0 Å². The Morgan fingerprint density at radius 1 is 1.54 bits per heavy atom. The molecule has 0 amide bonds. The summed E-state index contributed by atoms with van der Waals surface area (Å²) in [5.41, 5.74) is 0. The van der Waals surface area contributed by atoms with Gasteiger partial charge in [0.1, 0.15) is 0 Å². The molecule has 0 aliphatic heterocycles. The number of alkyl halides is 2. The van der Waals surface area contributed by atoms with Crippen LogP contribution in [0.15, 0.2) is 20.8 Å². The second kappa shape index (κ2) is 3.19. The van der Waals surface area contributed by atoms with Crippen molar-refractivity contribution in [1.29, 1.82) is 0 Å². The van der Waals surface area contributed by atoms with Gasteiger partial charge in [-0.05, 0) is 29.0 Å². The summed E-state index contributed by atoms with van der Waals surface area (Å²) in [4.78, 5) is 0. The smallest absolute Gasteiger partial charge is 0.207 e. The van der Waals surface area contributed by atoms with Gasteiger partial charge in [-0.15, -0.1) is 0 Å². The highest BCUT2D eigenvalue weighted by Crippen LogP contribution is 2.57. The van der Waals surface area contributed by atoms with Crippen LogP contribution in [0.3, 0.4) is 0 Å². The molecule has 0 aromatic rings. The van der Waals surface area contributed by atoms with E-state index < -0.39 is 11.8 Å². The molecule has 0 bridgehead atoms. The molecule has 0 nitrogen and oxygen atoms in total. The number of hydrogen-bond donors (Lipinski definition) is 0. The van der Waals surface area contributed by atoms with Gasteiger partial charge < -0.3 is 0 Å². The van der Waals surface area contributed by atoms with Crippen molar-refractivity contribution in [1.82, 2.24) is 0 Å². The third kappa shape index (κ3) is 1.77. The van der Waals surface area contributed by atoms with E-state index in [0.717, 1.165) is 3.58 Å². The van der Waals surface area contributed by atoms with Gasteiger partial charge in [0.15, 0.2) is 0 Å². The molecule has 2 aliphatic carbocycles. The normalized spacial score (nSPS) is 36.6. The molecular formula is C9H8ClF2I.